The SMILES string of the molecule is CCOc1ccc(C(NC(=O)CCN2C(=O)C(C)Oc3ccccc32)c2ccccc2)cc1. The van der Waals surface area contributed by atoms with Crippen molar-refractivity contribution in [1.29, 1.82) is 0 Å². The molecule has 6 heteroatoms. The molecule has 2 amide bonds. The molecular formula is C27H28N2O4. The minimum Gasteiger partial charge on any atom is -0.494 e. The monoisotopic (exact) mass is 444 g/mol. The smallest absolute Gasteiger partial charge is 0.267 e. The Bertz CT molecular complexity index is 1100. The lowest BCUT2D eigenvalue weighted by molar-refractivity contribution is -0.125. The van der Waals surface area contributed by atoms with Crippen molar-refractivity contribution in [3.8, 4) is 11.5 Å². The molecule has 1 heterocycles. The van der Waals surface area contributed by atoms with Crippen LogP contribution < -0.4 is 19.7 Å². The van der Waals surface area contributed by atoms with Crippen LogP contribution in [-0.2, 0) is 9.59 Å². The van der Waals surface area contributed by atoms with Crippen LogP contribution in [0.1, 0.15) is 37.4 Å². The quantitative estimate of drug-likeness (QED) is 0.556. The lowest BCUT2D eigenvalue weighted by Gasteiger charge is -2.33. The minimum absolute atomic E-state index is 0.137. The van der Waals surface area contributed by atoms with Gasteiger partial charge >= 0.3 is 0 Å². The highest BCUT2D eigenvalue weighted by Crippen LogP contribution is 2.33. The van der Waals surface area contributed by atoms with Gasteiger partial charge in [-0.2, -0.15) is 0 Å². The number of hydrogen-bond acceptors (Lipinski definition) is 4. The number of hydrogen-bond donors (Lipinski definition) is 1. The number of fused-ring (bicyclic) bond motifs is 1. The molecule has 0 fully saturated rings. The number of ether oxygens (including phenoxy) is 2. The van der Waals surface area contributed by atoms with E-state index in [1.807, 2.05) is 85.8 Å². The summed E-state index contributed by atoms with van der Waals surface area (Å²) in [4.78, 5) is 27.4. The van der Waals surface area contributed by atoms with Crippen LogP contribution >= 0.6 is 0 Å². The molecule has 2 atom stereocenters. The van der Waals surface area contributed by atoms with E-state index in [1.165, 1.54) is 0 Å². The number of carbonyl (C=O) groups excluding carboxylic acids is 2. The Labute approximate surface area is 194 Å². The summed E-state index contributed by atoms with van der Waals surface area (Å²) in [6.45, 7) is 4.54. The zero-order valence-electron chi connectivity index (χ0n) is 18.9. The van der Waals surface area contributed by atoms with Gasteiger partial charge in [-0.05, 0) is 49.2 Å². The van der Waals surface area contributed by atoms with Crippen LogP contribution in [0.15, 0.2) is 78.9 Å². The highest BCUT2D eigenvalue weighted by Gasteiger charge is 2.31. The Hall–Kier alpha value is -3.80. The van der Waals surface area contributed by atoms with Gasteiger partial charge in [0, 0.05) is 13.0 Å². The molecule has 170 valence electrons. The van der Waals surface area contributed by atoms with Crippen molar-refractivity contribution in [3.63, 3.8) is 0 Å². The van der Waals surface area contributed by atoms with Crippen LogP contribution in [-0.4, -0.2) is 31.1 Å². The number of carbonyl (C=O) groups is 2. The molecule has 0 spiro atoms. The summed E-state index contributed by atoms with van der Waals surface area (Å²) in [7, 11) is 0. The number of rotatable bonds is 8. The van der Waals surface area contributed by atoms with Gasteiger partial charge in [-0.15, -0.1) is 0 Å². The van der Waals surface area contributed by atoms with Crippen molar-refractivity contribution in [3.05, 3.63) is 90.0 Å². The third kappa shape index (κ3) is 5.17. The summed E-state index contributed by atoms with van der Waals surface area (Å²) in [5, 5.41) is 3.14. The van der Waals surface area contributed by atoms with E-state index in [-0.39, 0.29) is 30.8 Å². The largest absolute Gasteiger partial charge is 0.494 e. The maximum absolute atomic E-state index is 13.0. The first kappa shape index (κ1) is 22.4. The van der Waals surface area contributed by atoms with Crippen molar-refractivity contribution in [2.75, 3.05) is 18.1 Å². The van der Waals surface area contributed by atoms with Crippen LogP contribution in [0.5, 0.6) is 11.5 Å². The molecule has 3 aromatic rings. The Morgan fingerprint density at radius 3 is 2.39 bits per heavy atom. The molecule has 1 aliphatic rings. The van der Waals surface area contributed by atoms with Gasteiger partial charge in [0.05, 0.1) is 18.3 Å². The fourth-order valence-electron chi connectivity index (χ4n) is 3.96. The van der Waals surface area contributed by atoms with Crippen molar-refractivity contribution in [2.45, 2.75) is 32.4 Å². The molecule has 2 unspecified atom stereocenters. The highest BCUT2D eigenvalue weighted by molar-refractivity contribution is 6.00. The van der Waals surface area contributed by atoms with Gasteiger partial charge in [-0.3, -0.25) is 9.59 Å². The number of nitrogens with one attached hydrogen (secondary N) is 1. The van der Waals surface area contributed by atoms with Gasteiger partial charge in [-0.25, -0.2) is 0 Å². The standard InChI is InChI=1S/C27H28N2O4/c1-3-32-22-15-13-21(14-16-22)26(20-9-5-4-6-10-20)28-25(30)17-18-29-23-11-7-8-12-24(23)33-19(2)27(29)31/h4-16,19,26H,3,17-18H2,1-2H3,(H,28,30). The molecule has 33 heavy (non-hydrogen) atoms. The van der Waals surface area contributed by atoms with E-state index in [0.717, 1.165) is 16.9 Å². The molecular weight excluding hydrogens is 416 g/mol. The predicted octanol–water partition coefficient (Wildman–Crippen LogP) is 4.50. The second-order valence-corrected chi connectivity index (χ2v) is 7.88. The van der Waals surface area contributed by atoms with Crippen LogP contribution in [0.25, 0.3) is 0 Å². The predicted molar refractivity (Wildman–Crippen MR) is 128 cm³/mol. The van der Waals surface area contributed by atoms with Crippen LogP contribution in [0.3, 0.4) is 0 Å². The zero-order valence-corrected chi connectivity index (χ0v) is 18.9. The van der Waals surface area contributed by atoms with Crippen LogP contribution in [0, 0.1) is 0 Å². The van der Waals surface area contributed by atoms with E-state index in [2.05, 4.69) is 5.32 Å². The van der Waals surface area contributed by atoms with Crippen molar-refractivity contribution in [1.82, 2.24) is 5.32 Å². The first-order valence-electron chi connectivity index (χ1n) is 11.2. The minimum atomic E-state index is -0.580. The Morgan fingerprint density at radius 2 is 1.67 bits per heavy atom. The van der Waals surface area contributed by atoms with Crippen molar-refractivity contribution < 1.29 is 19.1 Å². The Kier molecular flexibility index (Phi) is 6.93. The highest BCUT2D eigenvalue weighted by atomic mass is 16.5. The van der Waals surface area contributed by atoms with Gasteiger partial charge < -0.3 is 19.7 Å². The fourth-order valence-corrected chi connectivity index (χ4v) is 3.96. The van der Waals surface area contributed by atoms with E-state index in [9.17, 15) is 9.59 Å². The fraction of sp³-hybridized carbons (Fsp3) is 0.259. The summed E-state index contributed by atoms with van der Waals surface area (Å²) in [5.74, 6) is 1.16. The van der Waals surface area contributed by atoms with Gasteiger partial charge in [0.1, 0.15) is 11.5 Å². The van der Waals surface area contributed by atoms with Gasteiger partial charge in [0.2, 0.25) is 5.91 Å². The van der Waals surface area contributed by atoms with E-state index >= 15 is 0 Å². The maximum Gasteiger partial charge on any atom is 0.267 e. The molecule has 0 bridgehead atoms. The zero-order chi connectivity index (χ0) is 23.2. The number of para-hydroxylation sites is 2. The second-order valence-electron chi connectivity index (χ2n) is 7.88. The summed E-state index contributed by atoms with van der Waals surface area (Å²) in [6, 6.07) is 24.7. The van der Waals surface area contributed by atoms with E-state index < -0.39 is 6.10 Å². The third-order valence-corrected chi connectivity index (χ3v) is 5.60. The number of benzene rings is 3. The molecule has 6 nitrogen and oxygen atoms in total. The Morgan fingerprint density at radius 1 is 1.00 bits per heavy atom. The van der Waals surface area contributed by atoms with Gasteiger partial charge in [0.15, 0.2) is 6.10 Å². The second kappa shape index (κ2) is 10.2. The average Bonchev–Trinajstić information content (AvgIpc) is 2.84. The molecule has 0 saturated carbocycles. The molecule has 3 aromatic carbocycles. The Balaban J connectivity index is 1.49. The number of amides is 2. The molecule has 0 aromatic heterocycles. The first-order chi connectivity index (χ1) is 16.1. The lowest BCUT2D eigenvalue weighted by Crippen LogP contribution is -2.46. The van der Waals surface area contributed by atoms with Crippen LogP contribution in [0.4, 0.5) is 5.69 Å². The topological polar surface area (TPSA) is 67.9 Å². The van der Waals surface area contributed by atoms with E-state index in [0.29, 0.717) is 18.0 Å². The van der Waals surface area contributed by atoms with Crippen LogP contribution in [0.2, 0.25) is 0 Å². The molecule has 1 aliphatic heterocycles. The molecule has 0 aliphatic carbocycles. The van der Waals surface area contributed by atoms with Crippen molar-refractivity contribution >= 4 is 17.5 Å². The molecule has 0 radical (unpaired) electrons. The third-order valence-electron chi connectivity index (χ3n) is 5.60. The lowest BCUT2D eigenvalue weighted by atomic mass is 9.98. The van der Waals surface area contributed by atoms with Crippen molar-refractivity contribution in [2.24, 2.45) is 0 Å². The van der Waals surface area contributed by atoms with E-state index in [4.69, 9.17) is 9.47 Å². The van der Waals surface area contributed by atoms with Gasteiger partial charge in [-0.1, -0.05) is 54.6 Å². The van der Waals surface area contributed by atoms with Gasteiger partial charge in [0.25, 0.3) is 5.91 Å². The summed E-state index contributed by atoms with van der Waals surface area (Å²) in [6.07, 6.45) is -0.406. The molecule has 1 N–H and O–H groups in total. The summed E-state index contributed by atoms with van der Waals surface area (Å²) in [5.41, 5.74) is 2.63. The summed E-state index contributed by atoms with van der Waals surface area (Å²) < 4.78 is 11.2. The average molecular weight is 445 g/mol. The number of anilines is 1. The summed E-state index contributed by atoms with van der Waals surface area (Å²) >= 11 is 0. The van der Waals surface area contributed by atoms with E-state index in [1.54, 1.807) is 11.8 Å². The molecule has 0 saturated heterocycles. The number of nitrogens with zero attached hydrogens (tertiary/aromatic N) is 1. The first-order valence-corrected chi connectivity index (χ1v) is 11.2. The normalized spacial score (nSPS) is 15.9. The maximum atomic E-state index is 13.0. The molecule has 4 rings (SSSR count).